The summed E-state index contributed by atoms with van der Waals surface area (Å²) in [6.45, 7) is 0. The molecule has 0 aliphatic heterocycles. The largest absolute Gasteiger partial charge is 0.497 e. The van der Waals surface area contributed by atoms with Gasteiger partial charge in [-0.3, -0.25) is 0 Å². The van der Waals surface area contributed by atoms with E-state index in [0.717, 1.165) is 45.6 Å². The first-order valence-electron chi connectivity index (χ1n) is 23.2. The number of ether oxygens (including phenoxy) is 2. The first-order chi connectivity index (χ1) is 33.7. The maximum absolute atomic E-state index is 5.61. The summed E-state index contributed by atoms with van der Waals surface area (Å²) in [7, 11) is 3.43. The van der Waals surface area contributed by atoms with E-state index in [0.29, 0.717) is 0 Å². The lowest BCUT2D eigenvalue weighted by Gasteiger charge is -2.27. The van der Waals surface area contributed by atoms with Gasteiger partial charge in [0.05, 0.1) is 25.6 Å². The lowest BCUT2D eigenvalue weighted by atomic mass is 9.87. The monoisotopic (exact) mass is 872 g/mol. The average Bonchev–Trinajstić information content (AvgIpc) is 3.92. The van der Waals surface area contributed by atoms with E-state index in [4.69, 9.17) is 9.47 Å². The molecule has 0 heterocycles. The normalized spacial score (nSPS) is 11.7. The third-order valence-electron chi connectivity index (χ3n) is 13.9. The van der Waals surface area contributed by atoms with Gasteiger partial charge in [-0.05, 0) is 161 Å². The lowest BCUT2D eigenvalue weighted by Crippen LogP contribution is -2.10. The summed E-state index contributed by atoms with van der Waals surface area (Å²) in [6, 6.07) is 83.5. The molecule has 0 bridgehead atoms. The van der Waals surface area contributed by atoms with Crippen molar-refractivity contribution in [2.45, 2.75) is 0 Å². The third-order valence-corrected chi connectivity index (χ3v) is 13.9. The van der Waals surface area contributed by atoms with Crippen LogP contribution in [0.3, 0.4) is 0 Å². The zero-order chi connectivity index (χ0) is 45.3. The highest BCUT2D eigenvalue weighted by Crippen LogP contribution is 2.57. The van der Waals surface area contributed by atoms with Gasteiger partial charge in [-0.2, -0.15) is 0 Å². The molecule has 322 valence electrons. The van der Waals surface area contributed by atoms with E-state index in [1.165, 1.54) is 86.9 Å². The molecule has 4 nitrogen and oxygen atoms in total. The van der Waals surface area contributed by atoms with Gasteiger partial charge in [-0.15, -0.1) is 0 Å². The third kappa shape index (κ3) is 6.01. The highest BCUT2D eigenvalue weighted by Gasteiger charge is 2.29. The Hall–Kier alpha value is -8.86. The summed E-state index contributed by atoms with van der Waals surface area (Å²) in [5, 5.41) is 15.0. The highest BCUT2D eigenvalue weighted by atomic mass is 16.5. The molecular weight excluding hydrogens is 829 g/mol. The molecule has 0 radical (unpaired) electrons. The van der Waals surface area contributed by atoms with E-state index in [-0.39, 0.29) is 0 Å². The van der Waals surface area contributed by atoms with E-state index < -0.39 is 0 Å². The average molecular weight is 873 g/mol. The summed E-state index contributed by atoms with van der Waals surface area (Å²) in [6.07, 6.45) is 0. The standard InChI is InChI=1S/C64H44N2O2/c1-67-47-33-29-45(30-34-47)65(43-21-11-5-12-22-43)55-39-37-53-59-49(55)25-15-27-51(59)61-57(41-17-7-3-8-18-41)64-54-38-40-56(66(44-23-13-6-14-24-44)46-31-35-48(68-2)36-32-46)50-26-16-28-52(60(50)54)62(64)58(63(53)61)42-19-9-4-10-20-42/h3-40H,1-2H3. The highest BCUT2D eigenvalue weighted by molar-refractivity contribution is 6.47. The lowest BCUT2D eigenvalue weighted by molar-refractivity contribution is 0.414. The van der Waals surface area contributed by atoms with Gasteiger partial charge in [-0.25, -0.2) is 0 Å². The molecule has 13 aromatic carbocycles. The van der Waals surface area contributed by atoms with Crippen molar-refractivity contribution in [1.29, 1.82) is 0 Å². The van der Waals surface area contributed by atoms with Crippen LogP contribution >= 0.6 is 0 Å². The van der Waals surface area contributed by atoms with E-state index in [2.05, 4.69) is 216 Å². The number of rotatable bonds is 10. The first-order valence-corrected chi connectivity index (χ1v) is 23.2. The van der Waals surface area contributed by atoms with Gasteiger partial charge < -0.3 is 19.3 Å². The molecule has 0 aliphatic carbocycles. The summed E-state index contributed by atoms with van der Waals surface area (Å²) >= 11 is 0. The Balaban J connectivity index is 1.18. The SMILES string of the molecule is COc1ccc(N(c2ccccc2)c2ccc3c4c(-c5ccccc5)c5c6cccc7c(N(c8ccccc8)c8ccc(OC)cc8)ccc(c5c(-c5ccccc5)c4c4cccc2c43)c76)cc1. The second-order valence-electron chi connectivity index (χ2n) is 17.4. The van der Waals surface area contributed by atoms with Crippen LogP contribution < -0.4 is 19.3 Å². The molecule has 0 fully saturated rings. The van der Waals surface area contributed by atoms with Crippen LogP contribution in [0, 0.1) is 0 Å². The second-order valence-corrected chi connectivity index (χ2v) is 17.4. The number of para-hydroxylation sites is 2. The van der Waals surface area contributed by atoms with Crippen LogP contribution in [0.1, 0.15) is 0 Å². The maximum atomic E-state index is 5.61. The van der Waals surface area contributed by atoms with Crippen molar-refractivity contribution < 1.29 is 9.47 Å². The minimum atomic E-state index is 0.826. The molecule has 0 N–H and O–H groups in total. The smallest absolute Gasteiger partial charge is 0.119 e. The molecule has 13 rings (SSSR count). The molecule has 4 heteroatoms. The molecule has 13 aromatic rings. The molecule has 0 amide bonds. The fourth-order valence-electron chi connectivity index (χ4n) is 11.1. The van der Waals surface area contributed by atoms with Gasteiger partial charge >= 0.3 is 0 Å². The quantitative estimate of drug-likeness (QED) is 0.137. The number of anilines is 6. The molecule has 0 saturated carbocycles. The zero-order valence-electron chi connectivity index (χ0n) is 37.7. The summed E-state index contributed by atoms with van der Waals surface area (Å²) in [4.78, 5) is 4.75. The number of fused-ring (bicyclic) bond motifs is 6. The van der Waals surface area contributed by atoms with Crippen LogP contribution in [0.4, 0.5) is 34.1 Å². The Bertz CT molecular complexity index is 3630. The molecule has 0 spiro atoms. The molecule has 0 aliphatic rings. The number of methoxy groups -OCH3 is 2. The molecule has 0 aromatic heterocycles. The van der Waals surface area contributed by atoms with Gasteiger partial charge in [0.1, 0.15) is 11.5 Å². The van der Waals surface area contributed by atoms with Gasteiger partial charge in [0.15, 0.2) is 0 Å². The predicted octanol–water partition coefficient (Wildman–Crippen LogP) is 17.8. The van der Waals surface area contributed by atoms with Gasteiger partial charge in [0, 0.05) is 33.5 Å². The Morgan fingerprint density at radius 3 is 0.912 bits per heavy atom. The van der Waals surface area contributed by atoms with Crippen LogP contribution in [0.15, 0.2) is 231 Å². The van der Waals surface area contributed by atoms with Crippen molar-refractivity contribution in [3.05, 3.63) is 231 Å². The minimum Gasteiger partial charge on any atom is -0.497 e. The van der Waals surface area contributed by atoms with Crippen LogP contribution in [-0.2, 0) is 0 Å². The fourth-order valence-corrected chi connectivity index (χ4v) is 11.1. The molecule has 68 heavy (non-hydrogen) atoms. The second kappa shape index (κ2) is 15.9. The molecule has 0 saturated heterocycles. The number of hydrogen-bond acceptors (Lipinski definition) is 4. The van der Waals surface area contributed by atoms with Crippen LogP contribution in [0.25, 0.3) is 86.9 Å². The van der Waals surface area contributed by atoms with Gasteiger partial charge in [0.2, 0.25) is 0 Å². The Morgan fingerprint density at radius 2 is 0.559 bits per heavy atom. The zero-order valence-corrected chi connectivity index (χ0v) is 37.7. The predicted molar refractivity (Wildman–Crippen MR) is 287 cm³/mol. The topological polar surface area (TPSA) is 24.9 Å². The van der Waals surface area contributed by atoms with Crippen LogP contribution in [0.2, 0.25) is 0 Å². The number of benzene rings is 11. The molecule has 0 atom stereocenters. The van der Waals surface area contributed by atoms with E-state index in [1.54, 1.807) is 14.2 Å². The van der Waals surface area contributed by atoms with E-state index in [9.17, 15) is 0 Å². The summed E-state index contributed by atoms with van der Waals surface area (Å²) in [5.41, 5.74) is 11.4. The Kier molecular flexibility index (Phi) is 9.26. The fraction of sp³-hybridized carbons (Fsp3) is 0.0312. The summed E-state index contributed by atoms with van der Waals surface area (Å²) in [5.74, 6) is 1.65. The Morgan fingerprint density at radius 1 is 0.250 bits per heavy atom. The Labute approximate surface area is 394 Å². The molecular formula is C64H44N2O2. The van der Waals surface area contributed by atoms with Crippen molar-refractivity contribution in [2.24, 2.45) is 0 Å². The number of nitrogens with zero attached hydrogens (tertiary/aromatic N) is 2. The van der Waals surface area contributed by atoms with Crippen molar-refractivity contribution in [3.8, 4) is 33.8 Å². The maximum Gasteiger partial charge on any atom is 0.119 e. The van der Waals surface area contributed by atoms with Gasteiger partial charge in [-0.1, -0.05) is 146 Å². The van der Waals surface area contributed by atoms with E-state index in [1.807, 2.05) is 24.3 Å². The summed E-state index contributed by atoms with van der Waals surface area (Å²) < 4.78 is 11.2. The molecule has 0 unspecified atom stereocenters. The minimum absolute atomic E-state index is 0.826. The number of hydrogen-bond donors (Lipinski definition) is 0. The van der Waals surface area contributed by atoms with E-state index >= 15 is 0 Å². The van der Waals surface area contributed by atoms with Crippen LogP contribution in [-0.4, -0.2) is 14.2 Å². The van der Waals surface area contributed by atoms with Crippen LogP contribution in [0.5, 0.6) is 11.5 Å². The van der Waals surface area contributed by atoms with Crippen molar-refractivity contribution in [2.75, 3.05) is 24.0 Å². The first kappa shape index (κ1) is 39.5. The van der Waals surface area contributed by atoms with Crippen molar-refractivity contribution >= 4 is 98.8 Å². The van der Waals surface area contributed by atoms with Crippen molar-refractivity contribution in [3.63, 3.8) is 0 Å². The van der Waals surface area contributed by atoms with Crippen molar-refractivity contribution in [1.82, 2.24) is 0 Å². The van der Waals surface area contributed by atoms with Gasteiger partial charge in [0.25, 0.3) is 0 Å².